The maximum atomic E-state index is 11.1. The van der Waals surface area contributed by atoms with Gasteiger partial charge in [-0.15, -0.1) is 21.5 Å². The fraction of sp³-hybridized carbons (Fsp3) is 0.0625. The lowest BCUT2D eigenvalue weighted by Crippen LogP contribution is -2.10. The molecule has 0 saturated carbocycles. The predicted octanol–water partition coefficient (Wildman–Crippen LogP) is 2.20. The molecule has 124 valence electrons. The molecule has 4 aromatic rings. The number of aromatic nitrogens is 5. The summed E-state index contributed by atoms with van der Waals surface area (Å²) in [6.07, 6.45) is 0. The molecule has 1 amide bonds. The van der Waals surface area contributed by atoms with Gasteiger partial charge in [0, 0.05) is 17.2 Å². The van der Waals surface area contributed by atoms with Crippen molar-refractivity contribution in [3.63, 3.8) is 0 Å². The van der Waals surface area contributed by atoms with Crippen molar-refractivity contribution in [1.29, 1.82) is 0 Å². The Labute approximate surface area is 145 Å². The molecule has 8 nitrogen and oxygen atoms in total. The molecule has 0 bridgehead atoms. The first-order valence-corrected chi connectivity index (χ1v) is 8.24. The molecular formula is C16H12N6O2S. The van der Waals surface area contributed by atoms with Crippen molar-refractivity contribution in [2.45, 2.75) is 6.54 Å². The van der Waals surface area contributed by atoms with Gasteiger partial charge in [0.05, 0.1) is 4.88 Å². The highest BCUT2D eigenvalue weighted by Crippen LogP contribution is 2.25. The number of primary amides is 1. The molecule has 3 aromatic heterocycles. The average Bonchev–Trinajstić information content (AvgIpc) is 3.37. The molecular weight excluding hydrogens is 340 g/mol. The lowest BCUT2D eigenvalue weighted by atomic mass is 10.1. The highest BCUT2D eigenvalue weighted by molar-refractivity contribution is 7.13. The molecule has 1 aromatic carbocycles. The lowest BCUT2D eigenvalue weighted by Gasteiger charge is -1.97. The summed E-state index contributed by atoms with van der Waals surface area (Å²) in [7, 11) is 0. The number of benzene rings is 1. The summed E-state index contributed by atoms with van der Waals surface area (Å²) in [5.74, 6) is 0.695. The maximum absolute atomic E-state index is 11.1. The van der Waals surface area contributed by atoms with Gasteiger partial charge in [0.2, 0.25) is 11.7 Å². The van der Waals surface area contributed by atoms with Gasteiger partial charge < -0.3 is 10.3 Å². The van der Waals surface area contributed by atoms with Gasteiger partial charge in [-0.3, -0.25) is 4.79 Å². The third-order valence-electron chi connectivity index (χ3n) is 3.51. The SMILES string of the molecule is NC(=O)c1ccc(-c2nnn(Cc3cc(-c4cccs4)on3)n2)cc1. The van der Waals surface area contributed by atoms with E-state index in [1.807, 2.05) is 23.6 Å². The third kappa shape index (κ3) is 3.17. The van der Waals surface area contributed by atoms with E-state index < -0.39 is 5.91 Å². The first kappa shape index (κ1) is 15.2. The van der Waals surface area contributed by atoms with E-state index in [4.69, 9.17) is 10.3 Å². The van der Waals surface area contributed by atoms with E-state index in [0.29, 0.717) is 29.4 Å². The van der Waals surface area contributed by atoms with E-state index in [0.717, 1.165) is 10.4 Å². The first-order chi connectivity index (χ1) is 12.2. The van der Waals surface area contributed by atoms with Gasteiger partial charge in [-0.1, -0.05) is 23.4 Å². The molecule has 0 fully saturated rings. The van der Waals surface area contributed by atoms with E-state index in [1.165, 1.54) is 4.80 Å². The molecule has 0 atom stereocenters. The van der Waals surface area contributed by atoms with Gasteiger partial charge >= 0.3 is 0 Å². The van der Waals surface area contributed by atoms with Gasteiger partial charge in [0.1, 0.15) is 12.2 Å². The Kier molecular flexibility index (Phi) is 3.82. The normalized spacial score (nSPS) is 10.9. The number of carbonyl (C=O) groups is 1. The maximum Gasteiger partial charge on any atom is 0.248 e. The van der Waals surface area contributed by atoms with E-state index in [-0.39, 0.29) is 0 Å². The number of tetrazole rings is 1. The van der Waals surface area contributed by atoms with Crippen LogP contribution in [-0.2, 0) is 6.54 Å². The van der Waals surface area contributed by atoms with Crippen LogP contribution in [0.25, 0.3) is 22.0 Å². The Balaban J connectivity index is 1.51. The Morgan fingerprint density at radius 2 is 2.08 bits per heavy atom. The molecule has 0 aliphatic rings. The standard InChI is InChI=1S/C16H12N6O2S/c17-15(23)10-3-5-11(6-4-10)16-18-21-22(19-16)9-12-8-13(24-20-12)14-2-1-7-25-14/h1-8H,9H2,(H2,17,23). The largest absolute Gasteiger partial charge is 0.366 e. The molecule has 0 spiro atoms. The minimum atomic E-state index is -0.476. The van der Waals surface area contributed by atoms with Crippen molar-refractivity contribution in [1.82, 2.24) is 25.4 Å². The summed E-state index contributed by atoms with van der Waals surface area (Å²) < 4.78 is 5.34. The monoisotopic (exact) mass is 352 g/mol. The number of carbonyl (C=O) groups excluding carboxylic acids is 1. The van der Waals surface area contributed by atoms with Crippen LogP contribution in [0.2, 0.25) is 0 Å². The van der Waals surface area contributed by atoms with Gasteiger partial charge in [0.25, 0.3) is 0 Å². The van der Waals surface area contributed by atoms with E-state index in [9.17, 15) is 4.79 Å². The van der Waals surface area contributed by atoms with Crippen LogP contribution in [0.3, 0.4) is 0 Å². The van der Waals surface area contributed by atoms with Gasteiger partial charge in [-0.2, -0.15) is 4.80 Å². The zero-order chi connectivity index (χ0) is 17.2. The van der Waals surface area contributed by atoms with Crippen LogP contribution in [0.1, 0.15) is 16.1 Å². The average molecular weight is 352 g/mol. The van der Waals surface area contributed by atoms with Crippen LogP contribution in [0.4, 0.5) is 0 Å². The van der Waals surface area contributed by atoms with Crippen LogP contribution in [0, 0.1) is 0 Å². The van der Waals surface area contributed by atoms with Gasteiger partial charge in [-0.05, 0) is 28.8 Å². The van der Waals surface area contributed by atoms with Crippen molar-refractivity contribution in [2.24, 2.45) is 5.73 Å². The molecule has 0 aliphatic heterocycles. The fourth-order valence-electron chi connectivity index (χ4n) is 2.28. The van der Waals surface area contributed by atoms with Crippen molar-refractivity contribution in [2.75, 3.05) is 0 Å². The number of amides is 1. The second-order valence-electron chi connectivity index (χ2n) is 5.24. The Bertz CT molecular complexity index is 1000. The van der Waals surface area contributed by atoms with Crippen LogP contribution < -0.4 is 5.73 Å². The van der Waals surface area contributed by atoms with E-state index in [2.05, 4.69) is 20.6 Å². The predicted molar refractivity (Wildman–Crippen MR) is 90.7 cm³/mol. The molecule has 0 aliphatic carbocycles. The highest BCUT2D eigenvalue weighted by Gasteiger charge is 2.11. The molecule has 4 rings (SSSR count). The molecule has 0 saturated heterocycles. The van der Waals surface area contributed by atoms with E-state index >= 15 is 0 Å². The van der Waals surface area contributed by atoms with Gasteiger partial charge in [0.15, 0.2) is 5.76 Å². The second kappa shape index (κ2) is 6.29. The van der Waals surface area contributed by atoms with Gasteiger partial charge in [-0.25, -0.2) is 0 Å². The van der Waals surface area contributed by atoms with Crippen molar-refractivity contribution in [3.8, 4) is 22.0 Å². The number of nitrogens with zero attached hydrogens (tertiary/aromatic N) is 5. The minimum absolute atomic E-state index is 0.348. The van der Waals surface area contributed by atoms with Crippen molar-refractivity contribution in [3.05, 3.63) is 59.1 Å². The van der Waals surface area contributed by atoms with Crippen molar-refractivity contribution >= 4 is 17.2 Å². The number of nitrogens with two attached hydrogens (primary N) is 1. The summed E-state index contributed by atoms with van der Waals surface area (Å²) in [5.41, 5.74) is 7.11. The summed E-state index contributed by atoms with van der Waals surface area (Å²) in [6.45, 7) is 0.348. The zero-order valence-corrected chi connectivity index (χ0v) is 13.7. The van der Waals surface area contributed by atoms with E-state index in [1.54, 1.807) is 35.6 Å². The number of hydrogen-bond acceptors (Lipinski definition) is 7. The fourth-order valence-corrected chi connectivity index (χ4v) is 2.95. The van der Waals surface area contributed by atoms with Crippen LogP contribution in [0.15, 0.2) is 52.4 Å². The van der Waals surface area contributed by atoms with Crippen LogP contribution in [0.5, 0.6) is 0 Å². The van der Waals surface area contributed by atoms with Crippen molar-refractivity contribution < 1.29 is 9.32 Å². The summed E-state index contributed by atoms with van der Waals surface area (Å²) >= 11 is 1.58. The molecule has 2 N–H and O–H groups in total. The number of rotatable bonds is 5. The molecule has 0 radical (unpaired) electrons. The molecule has 3 heterocycles. The Hall–Kier alpha value is -3.33. The summed E-state index contributed by atoms with van der Waals surface area (Å²) in [4.78, 5) is 13.6. The first-order valence-electron chi connectivity index (χ1n) is 7.36. The molecule has 9 heteroatoms. The number of thiophene rings is 1. The Morgan fingerprint density at radius 3 is 2.80 bits per heavy atom. The smallest absolute Gasteiger partial charge is 0.248 e. The van der Waals surface area contributed by atoms with Crippen LogP contribution >= 0.6 is 11.3 Å². The summed E-state index contributed by atoms with van der Waals surface area (Å²) in [5, 5.41) is 18.4. The highest BCUT2D eigenvalue weighted by atomic mass is 32.1. The molecule has 25 heavy (non-hydrogen) atoms. The minimum Gasteiger partial charge on any atom is -0.366 e. The second-order valence-corrected chi connectivity index (χ2v) is 6.19. The van der Waals surface area contributed by atoms with Crippen LogP contribution in [-0.4, -0.2) is 31.3 Å². The topological polar surface area (TPSA) is 113 Å². The quantitative estimate of drug-likeness (QED) is 0.589. The lowest BCUT2D eigenvalue weighted by molar-refractivity contribution is 0.100. The number of hydrogen-bond donors (Lipinski definition) is 1. The third-order valence-corrected chi connectivity index (χ3v) is 4.39. The zero-order valence-electron chi connectivity index (χ0n) is 12.9. The summed E-state index contributed by atoms with van der Waals surface area (Å²) in [6, 6.07) is 12.5. The molecule has 0 unspecified atom stereocenters. The Morgan fingerprint density at radius 1 is 1.24 bits per heavy atom.